The number of aromatic nitrogens is 3. The van der Waals surface area contributed by atoms with Gasteiger partial charge in [-0.05, 0) is 43.5 Å². The minimum Gasteiger partial charge on any atom is -0.507 e. The van der Waals surface area contributed by atoms with Gasteiger partial charge in [-0.1, -0.05) is 12.1 Å². The summed E-state index contributed by atoms with van der Waals surface area (Å²) in [6, 6.07) is 7.64. The van der Waals surface area contributed by atoms with Crippen molar-refractivity contribution in [1.29, 1.82) is 0 Å². The molecule has 1 fully saturated rings. The summed E-state index contributed by atoms with van der Waals surface area (Å²) in [6.07, 6.45) is 4.22. The van der Waals surface area contributed by atoms with Crippen molar-refractivity contribution in [2.45, 2.75) is 32.1 Å². The maximum atomic E-state index is 12.5. The zero-order valence-corrected chi connectivity index (χ0v) is 15.9. The fourth-order valence-corrected chi connectivity index (χ4v) is 3.01. The number of nitrogens with one attached hydrogen (secondary N) is 2. The standard InChI is InChI=1S/C20H21N5O4/c1-2-8-21-20(28)25-16(12-3-4-12)11-15(24-25)14-10-13(5-6-17(14)26)23-19(27)18-7-9-22-29-18/h5-7,9-12,26H,2-4,8H2,1H3,(H,21,28)(H,23,27). The average molecular weight is 395 g/mol. The number of hydrogen-bond donors (Lipinski definition) is 3. The van der Waals surface area contributed by atoms with Crippen LogP contribution >= 0.6 is 0 Å². The summed E-state index contributed by atoms with van der Waals surface area (Å²) < 4.78 is 6.22. The molecule has 1 saturated carbocycles. The Hall–Kier alpha value is -3.62. The molecule has 0 aliphatic heterocycles. The maximum absolute atomic E-state index is 12.5. The van der Waals surface area contributed by atoms with Gasteiger partial charge in [0, 0.05) is 29.8 Å². The van der Waals surface area contributed by atoms with E-state index in [9.17, 15) is 14.7 Å². The van der Waals surface area contributed by atoms with Crippen LogP contribution in [0.5, 0.6) is 5.75 Å². The Labute approximate surface area is 166 Å². The molecule has 0 saturated heterocycles. The zero-order valence-electron chi connectivity index (χ0n) is 15.9. The van der Waals surface area contributed by atoms with Gasteiger partial charge in [0.25, 0.3) is 5.91 Å². The third-order valence-electron chi connectivity index (χ3n) is 4.64. The maximum Gasteiger partial charge on any atom is 0.342 e. The summed E-state index contributed by atoms with van der Waals surface area (Å²) in [5, 5.41) is 23.8. The SMILES string of the molecule is CCCNC(=O)n1nc(-c2cc(NC(=O)c3ccno3)ccc2O)cc1C1CC1. The smallest absolute Gasteiger partial charge is 0.342 e. The topological polar surface area (TPSA) is 122 Å². The Kier molecular flexibility index (Phi) is 5.03. The first-order valence-corrected chi connectivity index (χ1v) is 9.50. The van der Waals surface area contributed by atoms with Gasteiger partial charge in [0.1, 0.15) is 5.75 Å². The van der Waals surface area contributed by atoms with E-state index in [4.69, 9.17) is 4.52 Å². The van der Waals surface area contributed by atoms with E-state index >= 15 is 0 Å². The van der Waals surface area contributed by atoms with Crippen LogP contribution in [0.25, 0.3) is 11.3 Å². The second-order valence-corrected chi connectivity index (χ2v) is 6.94. The number of hydrogen-bond acceptors (Lipinski definition) is 6. The summed E-state index contributed by atoms with van der Waals surface area (Å²) in [5.74, 6) is -0.0847. The minimum atomic E-state index is -0.456. The molecule has 3 aromatic rings. The van der Waals surface area contributed by atoms with E-state index in [1.165, 1.54) is 23.0 Å². The lowest BCUT2D eigenvalue weighted by molar-refractivity contribution is 0.0988. The van der Waals surface area contributed by atoms with Crippen LogP contribution in [-0.2, 0) is 0 Å². The van der Waals surface area contributed by atoms with E-state index in [-0.39, 0.29) is 17.5 Å². The zero-order chi connectivity index (χ0) is 20.4. The van der Waals surface area contributed by atoms with Crippen molar-refractivity contribution in [3.8, 4) is 17.0 Å². The molecule has 1 aliphatic carbocycles. The molecule has 0 bridgehead atoms. The number of benzene rings is 1. The van der Waals surface area contributed by atoms with Crippen molar-refractivity contribution in [1.82, 2.24) is 20.3 Å². The summed E-state index contributed by atoms with van der Waals surface area (Å²) in [4.78, 5) is 24.7. The van der Waals surface area contributed by atoms with Gasteiger partial charge in [0.2, 0.25) is 5.76 Å². The normalized spacial score (nSPS) is 13.3. The lowest BCUT2D eigenvalue weighted by Crippen LogP contribution is -2.31. The van der Waals surface area contributed by atoms with Crippen molar-refractivity contribution >= 4 is 17.6 Å². The molecule has 9 nitrogen and oxygen atoms in total. The van der Waals surface area contributed by atoms with Gasteiger partial charge in [-0.2, -0.15) is 9.78 Å². The van der Waals surface area contributed by atoms with Crippen molar-refractivity contribution in [3.05, 3.63) is 48.0 Å². The van der Waals surface area contributed by atoms with E-state index in [1.807, 2.05) is 13.0 Å². The van der Waals surface area contributed by atoms with Crippen LogP contribution in [0.4, 0.5) is 10.5 Å². The molecule has 0 radical (unpaired) electrons. The van der Waals surface area contributed by atoms with Gasteiger partial charge < -0.3 is 20.3 Å². The van der Waals surface area contributed by atoms with Crippen LogP contribution in [0.2, 0.25) is 0 Å². The fourth-order valence-electron chi connectivity index (χ4n) is 3.01. The summed E-state index contributed by atoms with van der Waals surface area (Å²) >= 11 is 0. The Morgan fingerprint density at radius 3 is 2.79 bits per heavy atom. The second-order valence-electron chi connectivity index (χ2n) is 6.94. The number of carbonyl (C=O) groups excluding carboxylic acids is 2. The lowest BCUT2D eigenvalue weighted by Gasteiger charge is -2.07. The first-order chi connectivity index (χ1) is 14.1. The molecule has 0 unspecified atom stereocenters. The first-order valence-electron chi connectivity index (χ1n) is 9.50. The molecule has 150 valence electrons. The van der Waals surface area contributed by atoms with Crippen molar-refractivity contribution < 1.29 is 19.2 Å². The van der Waals surface area contributed by atoms with Crippen LogP contribution in [-0.4, -0.2) is 38.5 Å². The van der Waals surface area contributed by atoms with Gasteiger partial charge in [-0.25, -0.2) is 4.79 Å². The third-order valence-corrected chi connectivity index (χ3v) is 4.64. The number of amides is 2. The molecular formula is C20H21N5O4. The predicted molar refractivity (Wildman–Crippen MR) is 105 cm³/mol. The van der Waals surface area contributed by atoms with Crippen LogP contribution < -0.4 is 10.6 Å². The number of rotatable bonds is 6. The number of phenols is 1. The molecule has 2 amide bonds. The van der Waals surface area contributed by atoms with Crippen molar-refractivity contribution in [2.75, 3.05) is 11.9 Å². The molecule has 2 heterocycles. The third kappa shape index (κ3) is 3.98. The van der Waals surface area contributed by atoms with E-state index < -0.39 is 5.91 Å². The molecular weight excluding hydrogens is 374 g/mol. The number of anilines is 1. The van der Waals surface area contributed by atoms with Crippen LogP contribution in [0.3, 0.4) is 0 Å². The Morgan fingerprint density at radius 2 is 2.10 bits per heavy atom. The molecule has 1 aromatic carbocycles. The average Bonchev–Trinajstić information content (AvgIpc) is 3.23. The van der Waals surface area contributed by atoms with E-state index in [2.05, 4.69) is 20.9 Å². The largest absolute Gasteiger partial charge is 0.507 e. The van der Waals surface area contributed by atoms with Crippen LogP contribution in [0.1, 0.15) is 48.4 Å². The second kappa shape index (κ2) is 7.78. The highest BCUT2D eigenvalue weighted by molar-refractivity contribution is 6.02. The molecule has 3 N–H and O–H groups in total. The molecule has 1 aliphatic rings. The number of nitrogens with zero attached hydrogens (tertiary/aromatic N) is 3. The molecule has 0 spiro atoms. The molecule has 29 heavy (non-hydrogen) atoms. The monoisotopic (exact) mass is 395 g/mol. The first kappa shape index (κ1) is 18.7. The molecule has 4 rings (SSSR count). The predicted octanol–water partition coefficient (Wildman–Crippen LogP) is 3.34. The molecule has 2 aromatic heterocycles. The Bertz CT molecular complexity index is 1040. The highest BCUT2D eigenvalue weighted by Gasteiger charge is 2.30. The van der Waals surface area contributed by atoms with E-state index in [1.54, 1.807) is 12.1 Å². The number of carbonyl (C=O) groups is 2. The van der Waals surface area contributed by atoms with Gasteiger partial charge in [0.15, 0.2) is 0 Å². The summed E-state index contributed by atoms with van der Waals surface area (Å²) in [6.45, 7) is 2.54. The summed E-state index contributed by atoms with van der Waals surface area (Å²) in [7, 11) is 0. The number of phenolic OH excluding ortho intramolecular Hbond substituents is 1. The minimum absolute atomic E-state index is 0.00336. The lowest BCUT2D eigenvalue weighted by atomic mass is 10.1. The van der Waals surface area contributed by atoms with Gasteiger partial charge in [0.05, 0.1) is 17.6 Å². The highest BCUT2D eigenvalue weighted by Crippen LogP contribution is 2.42. The molecule has 0 atom stereocenters. The quantitative estimate of drug-likeness (QED) is 0.550. The Morgan fingerprint density at radius 1 is 1.28 bits per heavy atom. The Balaban J connectivity index is 1.64. The van der Waals surface area contributed by atoms with Crippen molar-refractivity contribution in [3.63, 3.8) is 0 Å². The molecule has 9 heteroatoms. The highest BCUT2D eigenvalue weighted by atomic mass is 16.5. The number of aromatic hydroxyl groups is 1. The van der Waals surface area contributed by atoms with Crippen LogP contribution in [0, 0.1) is 0 Å². The van der Waals surface area contributed by atoms with E-state index in [0.29, 0.717) is 29.4 Å². The summed E-state index contributed by atoms with van der Waals surface area (Å²) in [5.41, 5.74) is 2.16. The van der Waals surface area contributed by atoms with E-state index in [0.717, 1.165) is 25.0 Å². The van der Waals surface area contributed by atoms with Gasteiger partial charge >= 0.3 is 6.03 Å². The fraction of sp³-hybridized carbons (Fsp3) is 0.300. The van der Waals surface area contributed by atoms with Gasteiger partial charge in [-0.15, -0.1) is 0 Å². The van der Waals surface area contributed by atoms with Gasteiger partial charge in [-0.3, -0.25) is 4.79 Å². The van der Waals surface area contributed by atoms with Crippen molar-refractivity contribution in [2.24, 2.45) is 0 Å². The van der Waals surface area contributed by atoms with Crippen LogP contribution in [0.15, 0.2) is 41.1 Å².